The molecule has 0 spiro atoms. The van der Waals surface area contributed by atoms with Gasteiger partial charge in [0.05, 0.1) is 11.8 Å². The first kappa shape index (κ1) is 12.7. The minimum Gasteiger partial charge on any atom is -0.496 e. The molecule has 19 heavy (non-hydrogen) atoms. The van der Waals surface area contributed by atoms with Crippen molar-refractivity contribution in [1.29, 1.82) is 0 Å². The van der Waals surface area contributed by atoms with E-state index in [0.29, 0.717) is 5.58 Å². The quantitative estimate of drug-likeness (QED) is 0.917. The Labute approximate surface area is 115 Å². The highest BCUT2D eigenvalue weighted by atomic mass is 32.1. The third-order valence-corrected chi connectivity index (χ3v) is 4.72. The zero-order chi connectivity index (χ0) is 13.5. The van der Waals surface area contributed by atoms with Crippen LogP contribution < -0.4 is 15.4 Å². The van der Waals surface area contributed by atoms with Crippen molar-refractivity contribution in [3.63, 3.8) is 0 Å². The Hall–Kier alpha value is -1.33. The number of hydrogen-bond donors (Lipinski definition) is 1. The molecular weight excluding hydrogens is 262 g/mol. The highest BCUT2D eigenvalue weighted by molar-refractivity contribution is 7.16. The molecular formula is C14H17NO3S. The highest BCUT2D eigenvalue weighted by Gasteiger charge is 2.32. The molecule has 0 saturated heterocycles. The molecule has 0 aliphatic heterocycles. The molecule has 1 heterocycles. The first-order valence-electron chi connectivity index (χ1n) is 6.53. The highest BCUT2D eigenvalue weighted by Crippen LogP contribution is 2.41. The van der Waals surface area contributed by atoms with E-state index in [9.17, 15) is 4.79 Å². The zero-order valence-corrected chi connectivity index (χ0v) is 11.7. The standard InChI is InChI=1S/C14H17NO3S/c1-17-10-8-12-11(18-13(16)19-12)7-9(10)14(15)5-3-2-4-6-14/h7-8H,2-6,15H2,1H3. The van der Waals surface area contributed by atoms with Crippen molar-refractivity contribution < 1.29 is 9.15 Å². The van der Waals surface area contributed by atoms with Crippen molar-refractivity contribution in [2.45, 2.75) is 37.6 Å². The van der Waals surface area contributed by atoms with E-state index in [1.54, 1.807) is 7.11 Å². The van der Waals surface area contributed by atoms with Gasteiger partial charge >= 0.3 is 4.94 Å². The van der Waals surface area contributed by atoms with E-state index in [0.717, 1.165) is 53.0 Å². The van der Waals surface area contributed by atoms with Gasteiger partial charge in [0.1, 0.15) is 11.3 Å². The normalized spacial score (nSPS) is 18.6. The topological polar surface area (TPSA) is 65.5 Å². The molecule has 1 fully saturated rings. The van der Waals surface area contributed by atoms with Gasteiger partial charge in [0, 0.05) is 17.2 Å². The molecule has 1 aromatic carbocycles. The Morgan fingerprint density at radius 2 is 2.05 bits per heavy atom. The molecule has 1 saturated carbocycles. The minimum absolute atomic E-state index is 0.288. The van der Waals surface area contributed by atoms with Gasteiger partial charge in [-0.05, 0) is 18.9 Å². The zero-order valence-electron chi connectivity index (χ0n) is 10.9. The summed E-state index contributed by atoms with van der Waals surface area (Å²) in [4.78, 5) is 11.0. The van der Waals surface area contributed by atoms with E-state index in [1.807, 2.05) is 12.1 Å². The summed E-state index contributed by atoms with van der Waals surface area (Å²) in [6.07, 6.45) is 5.39. The largest absolute Gasteiger partial charge is 0.496 e. The maximum Gasteiger partial charge on any atom is 0.396 e. The van der Waals surface area contributed by atoms with Crippen LogP contribution in [0.15, 0.2) is 21.3 Å². The fraction of sp³-hybridized carbons (Fsp3) is 0.500. The summed E-state index contributed by atoms with van der Waals surface area (Å²) in [6.45, 7) is 0. The van der Waals surface area contributed by atoms with Crippen LogP contribution >= 0.6 is 11.3 Å². The molecule has 4 nitrogen and oxygen atoms in total. The Bertz CT molecular complexity index is 652. The summed E-state index contributed by atoms with van der Waals surface area (Å²) in [5.74, 6) is 0.758. The number of hydrogen-bond acceptors (Lipinski definition) is 5. The van der Waals surface area contributed by atoms with E-state index in [4.69, 9.17) is 14.9 Å². The van der Waals surface area contributed by atoms with Gasteiger partial charge < -0.3 is 14.9 Å². The van der Waals surface area contributed by atoms with Gasteiger partial charge in [0.25, 0.3) is 0 Å². The second kappa shape index (κ2) is 4.65. The van der Waals surface area contributed by atoms with Crippen molar-refractivity contribution in [2.75, 3.05) is 7.11 Å². The molecule has 0 radical (unpaired) electrons. The summed E-state index contributed by atoms with van der Waals surface area (Å²) in [5, 5.41) is 0. The molecule has 3 rings (SSSR count). The summed E-state index contributed by atoms with van der Waals surface area (Å²) < 4.78 is 11.5. The molecule has 0 bridgehead atoms. The van der Waals surface area contributed by atoms with E-state index in [2.05, 4.69) is 0 Å². The molecule has 2 aromatic rings. The molecule has 1 aromatic heterocycles. The van der Waals surface area contributed by atoms with Gasteiger partial charge in [-0.3, -0.25) is 0 Å². The fourth-order valence-electron chi connectivity index (χ4n) is 2.91. The van der Waals surface area contributed by atoms with Crippen molar-refractivity contribution in [2.24, 2.45) is 5.73 Å². The van der Waals surface area contributed by atoms with Crippen LogP contribution in [0.3, 0.4) is 0 Å². The van der Waals surface area contributed by atoms with Crippen LogP contribution in [0.2, 0.25) is 0 Å². The molecule has 2 N–H and O–H groups in total. The Balaban J connectivity index is 2.17. The second-order valence-corrected chi connectivity index (χ2v) is 6.15. The number of ether oxygens (including phenoxy) is 1. The van der Waals surface area contributed by atoms with Crippen molar-refractivity contribution in [1.82, 2.24) is 0 Å². The third-order valence-electron chi connectivity index (χ3n) is 3.93. The van der Waals surface area contributed by atoms with E-state index in [-0.39, 0.29) is 10.5 Å². The maximum absolute atomic E-state index is 11.3. The number of nitrogens with two attached hydrogens (primary N) is 1. The van der Waals surface area contributed by atoms with Crippen LogP contribution in [0.5, 0.6) is 5.75 Å². The summed E-state index contributed by atoms with van der Waals surface area (Å²) in [6, 6.07) is 3.75. The van der Waals surface area contributed by atoms with Crippen molar-refractivity contribution >= 4 is 21.6 Å². The Morgan fingerprint density at radius 3 is 2.74 bits per heavy atom. The predicted molar refractivity (Wildman–Crippen MR) is 75.9 cm³/mol. The molecule has 1 aliphatic carbocycles. The summed E-state index contributed by atoms with van der Waals surface area (Å²) in [5.41, 5.74) is 7.77. The van der Waals surface area contributed by atoms with E-state index >= 15 is 0 Å². The lowest BCUT2D eigenvalue weighted by Crippen LogP contribution is -2.38. The van der Waals surface area contributed by atoms with Gasteiger partial charge in [-0.1, -0.05) is 30.6 Å². The molecule has 102 valence electrons. The Morgan fingerprint density at radius 1 is 1.32 bits per heavy atom. The smallest absolute Gasteiger partial charge is 0.396 e. The van der Waals surface area contributed by atoms with Crippen LogP contribution in [0.1, 0.15) is 37.7 Å². The number of benzene rings is 1. The predicted octanol–water partition coefficient (Wildman–Crippen LogP) is 2.98. The maximum atomic E-state index is 11.3. The van der Waals surface area contributed by atoms with Crippen LogP contribution in [-0.2, 0) is 5.54 Å². The fourth-order valence-corrected chi connectivity index (χ4v) is 3.59. The third kappa shape index (κ3) is 2.17. The lowest BCUT2D eigenvalue weighted by Gasteiger charge is -2.34. The van der Waals surface area contributed by atoms with Gasteiger partial charge in [-0.25, -0.2) is 4.79 Å². The van der Waals surface area contributed by atoms with Crippen molar-refractivity contribution in [3.05, 3.63) is 27.4 Å². The second-order valence-electron chi connectivity index (χ2n) is 5.17. The summed E-state index contributed by atoms with van der Waals surface area (Å²) in [7, 11) is 1.64. The monoisotopic (exact) mass is 279 g/mol. The average Bonchev–Trinajstić information content (AvgIpc) is 2.77. The van der Waals surface area contributed by atoms with Gasteiger partial charge in [-0.15, -0.1) is 0 Å². The van der Waals surface area contributed by atoms with Crippen LogP contribution in [0.25, 0.3) is 10.3 Å². The first-order chi connectivity index (χ1) is 9.12. The number of rotatable bonds is 2. The SMILES string of the molecule is COc1cc2sc(=O)oc2cc1C1(N)CCCCC1. The number of methoxy groups -OCH3 is 1. The molecule has 5 heteroatoms. The van der Waals surface area contributed by atoms with Crippen molar-refractivity contribution in [3.8, 4) is 5.75 Å². The lowest BCUT2D eigenvalue weighted by molar-refractivity contribution is 0.289. The summed E-state index contributed by atoms with van der Waals surface area (Å²) >= 11 is 1.09. The lowest BCUT2D eigenvalue weighted by atomic mass is 9.77. The molecule has 0 atom stereocenters. The first-order valence-corrected chi connectivity index (χ1v) is 7.35. The van der Waals surface area contributed by atoms with Gasteiger partial charge in [0.15, 0.2) is 0 Å². The molecule has 0 amide bonds. The Kier molecular flexibility index (Phi) is 3.11. The van der Waals surface area contributed by atoms with Crippen LogP contribution in [0.4, 0.5) is 0 Å². The van der Waals surface area contributed by atoms with Crippen LogP contribution in [0, 0.1) is 0 Å². The molecule has 1 aliphatic rings. The van der Waals surface area contributed by atoms with Crippen LogP contribution in [-0.4, -0.2) is 7.11 Å². The van der Waals surface area contributed by atoms with E-state index < -0.39 is 0 Å². The average molecular weight is 279 g/mol. The minimum atomic E-state index is -0.363. The van der Waals surface area contributed by atoms with E-state index in [1.165, 1.54) is 6.42 Å². The molecule has 0 unspecified atom stereocenters. The van der Waals surface area contributed by atoms with Gasteiger partial charge in [-0.2, -0.15) is 0 Å². The van der Waals surface area contributed by atoms with Gasteiger partial charge in [0.2, 0.25) is 0 Å². The number of fused-ring (bicyclic) bond motifs is 1.